The summed E-state index contributed by atoms with van der Waals surface area (Å²) in [5.41, 5.74) is 8.02. The van der Waals surface area contributed by atoms with E-state index >= 15 is 0 Å². The van der Waals surface area contributed by atoms with Crippen molar-refractivity contribution in [1.82, 2.24) is 0 Å². The monoisotopic (exact) mass is 281 g/mol. The SMILES string of the molecule is C[C@H](N)c1ccc(N(C)CCC#N)cc1Br. The van der Waals surface area contributed by atoms with E-state index in [1.807, 2.05) is 32.2 Å². The Balaban J connectivity index is 2.85. The van der Waals surface area contributed by atoms with Crippen LogP contribution >= 0.6 is 15.9 Å². The van der Waals surface area contributed by atoms with Gasteiger partial charge in [-0.05, 0) is 24.6 Å². The van der Waals surface area contributed by atoms with Crippen molar-refractivity contribution >= 4 is 21.6 Å². The zero-order chi connectivity index (χ0) is 12.1. The van der Waals surface area contributed by atoms with Crippen molar-refractivity contribution in [3.05, 3.63) is 28.2 Å². The second-order valence-electron chi connectivity index (χ2n) is 3.82. The third-order valence-electron chi connectivity index (χ3n) is 2.47. The highest BCUT2D eigenvalue weighted by atomic mass is 79.9. The van der Waals surface area contributed by atoms with E-state index < -0.39 is 0 Å². The van der Waals surface area contributed by atoms with E-state index in [9.17, 15) is 0 Å². The Bertz CT molecular complexity index is 396. The number of hydrogen-bond acceptors (Lipinski definition) is 3. The third kappa shape index (κ3) is 3.22. The van der Waals surface area contributed by atoms with Crippen molar-refractivity contribution < 1.29 is 0 Å². The van der Waals surface area contributed by atoms with Gasteiger partial charge in [0.1, 0.15) is 0 Å². The molecular weight excluding hydrogens is 266 g/mol. The molecule has 1 aromatic rings. The molecule has 1 atom stereocenters. The van der Waals surface area contributed by atoms with Crippen molar-refractivity contribution in [1.29, 1.82) is 5.26 Å². The largest absolute Gasteiger partial charge is 0.374 e. The second kappa shape index (κ2) is 5.88. The molecule has 16 heavy (non-hydrogen) atoms. The molecule has 0 saturated carbocycles. The fraction of sp³-hybridized carbons (Fsp3) is 0.417. The predicted octanol–water partition coefficient (Wildman–Crippen LogP) is 2.82. The van der Waals surface area contributed by atoms with E-state index in [1.54, 1.807) is 0 Å². The van der Waals surface area contributed by atoms with E-state index in [0.717, 1.165) is 22.3 Å². The van der Waals surface area contributed by atoms with Crippen LogP contribution in [0.5, 0.6) is 0 Å². The average molecular weight is 282 g/mol. The van der Waals surface area contributed by atoms with Gasteiger partial charge in [-0.25, -0.2) is 0 Å². The van der Waals surface area contributed by atoms with Gasteiger partial charge in [0.05, 0.1) is 12.5 Å². The molecule has 0 unspecified atom stereocenters. The number of hydrogen-bond donors (Lipinski definition) is 1. The van der Waals surface area contributed by atoms with E-state index in [-0.39, 0.29) is 6.04 Å². The van der Waals surface area contributed by atoms with Crippen LogP contribution in [0.4, 0.5) is 5.69 Å². The number of nitriles is 1. The Morgan fingerprint density at radius 3 is 2.75 bits per heavy atom. The van der Waals surface area contributed by atoms with Crippen LogP contribution in [0.2, 0.25) is 0 Å². The summed E-state index contributed by atoms with van der Waals surface area (Å²) < 4.78 is 1.02. The van der Waals surface area contributed by atoms with E-state index in [4.69, 9.17) is 11.0 Å². The topological polar surface area (TPSA) is 53.0 Å². The number of nitrogens with zero attached hydrogens (tertiary/aromatic N) is 2. The first kappa shape index (κ1) is 13.0. The van der Waals surface area contributed by atoms with Crippen LogP contribution in [0, 0.1) is 11.3 Å². The molecule has 1 rings (SSSR count). The van der Waals surface area contributed by atoms with E-state index in [1.165, 1.54) is 0 Å². The minimum Gasteiger partial charge on any atom is -0.374 e. The predicted molar refractivity (Wildman–Crippen MR) is 70.2 cm³/mol. The van der Waals surface area contributed by atoms with Crippen LogP contribution < -0.4 is 10.6 Å². The lowest BCUT2D eigenvalue weighted by molar-refractivity contribution is 0.811. The molecule has 0 bridgehead atoms. The molecule has 0 aliphatic carbocycles. The molecule has 0 aromatic heterocycles. The van der Waals surface area contributed by atoms with E-state index in [2.05, 4.69) is 26.9 Å². The minimum absolute atomic E-state index is 0.0211. The molecule has 0 amide bonds. The van der Waals surface area contributed by atoms with Crippen LogP contribution in [0.1, 0.15) is 24.9 Å². The smallest absolute Gasteiger partial charge is 0.0640 e. The van der Waals surface area contributed by atoms with Gasteiger partial charge in [-0.2, -0.15) is 5.26 Å². The maximum absolute atomic E-state index is 8.53. The molecule has 0 aliphatic heterocycles. The summed E-state index contributed by atoms with van der Waals surface area (Å²) in [6, 6.07) is 8.25. The first-order valence-corrected chi connectivity index (χ1v) is 5.98. The molecule has 3 nitrogen and oxygen atoms in total. The lowest BCUT2D eigenvalue weighted by atomic mass is 10.1. The van der Waals surface area contributed by atoms with Gasteiger partial charge in [-0.3, -0.25) is 0 Å². The zero-order valence-corrected chi connectivity index (χ0v) is 11.2. The highest BCUT2D eigenvalue weighted by Crippen LogP contribution is 2.26. The fourth-order valence-corrected chi connectivity index (χ4v) is 2.20. The van der Waals surface area contributed by atoms with Crippen molar-refractivity contribution in [3.63, 3.8) is 0 Å². The van der Waals surface area contributed by atoms with Crippen LogP contribution in [-0.4, -0.2) is 13.6 Å². The second-order valence-corrected chi connectivity index (χ2v) is 4.68. The first-order valence-electron chi connectivity index (χ1n) is 5.19. The molecular formula is C12H16BrN3. The summed E-state index contributed by atoms with van der Waals surface area (Å²) in [5.74, 6) is 0. The Morgan fingerprint density at radius 1 is 1.56 bits per heavy atom. The standard InChI is InChI=1S/C12H16BrN3/c1-9(15)11-5-4-10(8-12(11)13)16(2)7-3-6-14/h4-5,8-9H,3,7,15H2,1-2H3/t9-/m0/s1. The third-order valence-corrected chi connectivity index (χ3v) is 3.16. The molecule has 0 aliphatic rings. The highest BCUT2D eigenvalue weighted by molar-refractivity contribution is 9.10. The number of halogens is 1. The Kier molecular flexibility index (Phi) is 4.78. The van der Waals surface area contributed by atoms with Gasteiger partial charge in [0.25, 0.3) is 0 Å². The lowest BCUT2D eigenvalue weighted by Gasteiger charge is -2.19. The number of benzene rings is 1. The van der Waals surface area contributed by atoms with Gasteiger partial charge in [-0.1, -0.05) is 22.0 Å². The molecule has 0 spiro atoms. The summed E-state index contributed by atoms with van der Waals surface area (Å²) in [7, 11) is 1.98. The molecule has 2 N–H and O–H groups in total. The molecule has 1 aromatic carbocycles. The Labute approximate surface area is 105 Å². The zero-order valence-electron chi connectivity index (χ0n) is 9.57. The molecule has 0 heterocycles. The summed E-state index contributed by atoms with van der Waals surface area (Å²) in [5, 5.41) is 8.53. The van der Waals surface area contributed by atoms with E-state index in [0.29, 0.717) is 6.42 Å². The van der Waals surface area contributed by atoms with Gasteiger partial charge in [-0.15, -0.1) is 0 Å². The molecule has 86 valence electrons. The lowest BCUT2D eigenvalue weighted by Crippen LogP contribution is -2.18. The molecule has 0 saturated heterocycles. The van der Waals surface area contributed by atoms with Crippen LogP contribution in [0.15, 0.2) is 22.7 Å². The van der Waals surface area contributed by atoms with Gasteiger partial charge < -0.3 is 10.6 Å². The quantitative estimate of drug-likeness (QED) is 0.923. The number of rotatable bonds is 4. The average Bonchev–Trinajstić information content (AvgIpc) is 2.25. The highest BCUT2D eigenvalue weighted by Gasteiger charge is 2.07. The van der Waals surface area contributed by atoms with Crippen LogP contribution in [-0.2, 0) is 0 Å². The van der Waals surface area contributed by atoms with Crippen molar-refractivity contribution in [2.45, 2.75) is 19.4 Å². The number of nitrogens with two attached hydrogens (primary N) is 1. The Hall–Kier alpha value is -1.05. The normalized spacial score (nSPS) is 11.9. The van der Waals surface area contributed by atoms with Crippen LogP contribution in [0.25, 0.3) is 0 Å². The minimum atomic E-state index is 0.0211. The van der Waals surface area contributed by atoms with Gasteiger partial charge in [0, 0.05) is 29.8 Å². The van der Waals surface area contributed by atoms with Gasteiger partial charge >= 0.3 is 0 Å². The first-order chi connectivity index (χ1) is 7.56. The van der Waals surface area contributed by atoms with Crippen molar-refractivity contribution in [3.8, 4) is 6.07 Å². The maximum Gasteiger partial charge on any atom is 0.0640 e. The van der Waals surface area contributed by atoms with Gasteiger partial charge in [0.2, 0.25) is 0 Å². The van der Waals surface area contributed by atoms with Crippen molar-refractivity contribution in [2.24, 2.45) is 5.73 Å². The number of anilines is 1. The summed E-state index contributed by atoms with van der Waals surface area (Å²) in [6.45, 7) is 2.69. The summed E-state index contributed by atoms with van der Waals surface area (Å²) in [6.07, 6.45) is 0.531. The molecule has 0 radical (unpaired) electrons. The molecule has 0 fully saturated rings. The van der Waals surface area contributed by atoms with Gasteiger partial charge in [0.15, 0.2) is 0 Å². The molecule has 4 heteroatoms. The maximum atomic E-state index is 8.53. The fourth-order valence-electron chi connectivity index (χ4n) is 1.47. The van der Waals surface area contributed by atoms with Crippen molar-refractivity contribution in [2.75, 3.05) is 18.5 Å². The summed E-state index contributed by atoms with van der Waals surface area (Å²) >= 11 is 3.51. The summed E-state index contributed by atoms with van der Waals surface area (Å²) in [4.78, 5) is 2.05. The van der Waals surface area contributed by atoms with Crippen LogP contribution in [0.3, 0.4) is 0 Å². The Morgan fingerprint density at radius 2 is 2.25 bits per heavy atom.